The normalized spacial score (nSPS) is 36.1. The summed E-state index contributed by atoms with van der Waals surface area (Å²) >= 11 is 0. The van der Waals surface area contributed by atoms with Crippen molar-refractivity contribution in [1.29, 1.82) is 0 Å². The molecule has 0 saturated carbocycles. The van der Waals surface area contributed by atoms with E-state index in [0.717, 1.165) is 39.6 Å². The SMILES string of the molecule is O=[N+]([O-])c1ccc([O-])c(C=NC23C[NH+]4C[NH+](C[NH+](C4)C2)C3)c1. The largest absolute Gasteiger partial charge is 0.872 e. The molecular formula is C14H19N5O3+2. The van der Waals surface area contributed by atoms with Crippen molar-refractivity contribution in [3.05, 3.63) is 33.9 Å². The number of benzene rings is 1. The molecule has 4 aliphatic heterocycles. The first-order valence-electron chi connectivity index (χ1n) is 7.54. The first-order chi connectivity index (χ1) is 10.5. The topological polar surface area (TPSA) is 91.9 Å². The monoisotopic (exact) mass is 305 g/mol. The van der Waals surface area contributed by atoms with Gasteiger partial charge in [-0.3, -0.25) is 15.1 Å². The molecular weight excluding hydrogens is 286 g/mol. The molecule has 0 aromatic heterocycles. The Kier molecular flexibility index (Phi) is 2.93. The number of nitrogens with zero attached hydrogens (tertiary/aromatic N) is 2. The summed E-state index contributed by atoms with van der Waals surface area (Å²) in [7, 11) is 0. The second-order valence-electron chi connectivity index (χ2n) is 6.77. The zero-order valence-electron chi connectivity index (χ0n) is 12.2. The number of aliphatic imine (C=N–C) groups is 1. The molecule has 1 aromatic carbocycles. The van der Waals surface area contributed by atoms with Gasteiger partial charge in [0.25, 0.3) is 5.69 Å². The average Bonchev–Trinajstić information content (AvgIpc) is 2.44. The molecule has 3 N–H and O–H groups in total. The van der Waals surface area contributed by atoms with Crippen molar-refractivity contribution >= 4 is 11.9 Å². The highest BCUT2D eigenvalue weighted by Crippen LogP contribution is 2.20. The first-order valence-corrected chi connectivity index (χ1v) is 7.54. The van der Waals surface area contributed by atoms with Gasteiger partial charge in [-0.1, -0.05) is 11.8 Å². The van der Waals surface area contributed by atoms with Crippen molar-refractivity contribution in [3.63, 3.8) is 0 Å². The second-order valence-corrected chi connectivity index (χ2v) is 6.77. The number of non-ortho nitro benzene ring substituents is 1. The summed E-state index contributed by atoms with van der Waals surface area (Å²) in [5, 5.41) is 22.7. The molecule has 0 amide bonds. The minimum Gasteiger partial charge on any atom is -0.872 e. The molecule has 0 aliphatic carbocycles. The van der Waals surface area contributed by atoms with Crippen LogP contribution in [0.5, 0.6) is 5.75 Å². The third kappa shape index (κ3) is 2.25. The van der Waals surface area contributed by atoms with E-state index in [-0.39, 0.29) is 17.0 Å². The van der Waals surface area contributed by atoms with E-state index in [1.807, 2.05) is 0 Å². The third-order valence-corrected chi connectivity index (χ3v) is 4.92. The van der Waals surface area contributed by atoms with Gasteiger partial charge >= 0.3 is 0 Å². The molecule has 0 radical (unpaired) electrons. The zero-order valence-corrected chi connectivity index (χ0v) is 12.2. The zero-order chi connectivity index (χ0) is 15.3. The van der Waals surface area contributed by atoms with Crippen LogP contribution in [0.4, 0.5) is 5.69 Å². The van der Waals surface area contributed by atoms with Gasteiger partial charge in [0.15, 0.2) is 0 Å². The Morgan fingerprint density at radius 2 is 1.73 bits per heavy atom. The number of quaternary nitrogens is 3. The molecule has 22 heavy (non-hydrogen) atoms. The predicted molar refractivity (Wildman–Crippen MR) is 75.0 cm³/mol. The fraction of sp³-hybridized carbons (Fsp3) is 0.500. The summed E-state index contributed by atoms with van der Waals surface area (Å²) in [5.41, 5.74) is 0.126. The molecule has 5 rings (SSSR count). The molecule has 116 valence electrons. The van der Waals surface area contributed by atoms with Gasteiger partial charge in [-0.15, -0.1) is 0 Å². The van der Waals surface area contributed by atoms with E-state index in [9.17, 15) is 15.2 Å². The number of nitro groups is 1. The van der Waals surface area contributed by atoms with Gasteiger partial charge in [-0.25, -0.2) is 14.7 Å². The van der Waals surface area contributed by atoms with Gasteiger partial charge in [0.05, 0.1) is 4.92 Å². The van der Waals surface area contributed by atoms with Gasteiger partial charge in [0, 0.05) is 18.3 Å². The van der Waals surface area contributed by atoms with Crippen LogP contribution >= 0.6 is 0 Å². The molecule has 1 aromatic rings. The van der Waals surface area contributed by atoms with Gasteiger partial charge in [-0.05, 0) is 5.56 Å². The van der Waals surface area contributed by atoms with E-state index in [4.69, 9.17) is 4.99 Å². The lowest BCUT2D eigenvalue weighted by atomic mass is 9.91. The van der Waals surface area contributed by atoms with Crippen molar-refractivity contribution in [2.45, 2.75) is 5.54 Å². The fourth-order valence-corrected chi connectivity index (χ4v) is 4.30. The fourth-order valence-electron chi connectivity index (χ4n) is 4.30. The molecule has 8 heteroatoms. The summed E-state index contributed by atoms with van der Waals surface area (Å²) in [6, 6.07) is 3.81. The standard InChI is InChI=1S/C14H17N5O3/c20-13-2-1-12(19(21)22)3-11(13)4-15-14-5-16-8-17(6-14)10-18(7-14)9-16/h1-4,20H,5-10H2/p+2. The number of hydrogen-bond acceptors (Lipinski definition) is 4. The lowest BCUT2D eigenvalue weighted by Gasteiger charge is -2.50. The Balaban J connectivity index is 1.62. The van der Waals surface area contributed by atoms with Crippen molar-refractivity contribution < 1.29 is 24.7 Å². The summed E-state index contributed by atoms with van der Waals surface area (Å²) in [5.74, 6) is -0.216. The maximum atomic E-state index is 11.9. The van der Waals surface area contributed by atoms with E-state index in [2.05, 4.69) is 0 Å². The van der Waals surface area contributed by atoms with Crippen molar-refractivity contribution in [2.24, 2.45) is 4.99 Å². The van der Waals surface area contributed by atoms with Crippen LogP contribution < -0.4 is 19.8 Å². The lowest BCUT2D eigenvalue weighted by Crippen LogP contribution is -3.56. The lowest BCUT2D eigenvalue weighted by molar-refractivity contribution is -1.29. The molecule has 0 spiro atoms. The summed E-state index contributed by atoms with van der Waals surface area (Å²) < 4.78 is 0. The minimum atomic E-state index is -0.483. The molecule has 4 bridgehead atoms. The minimum absolute atomic E-state index is 0.0651. The van der Waals surface area contributed by atoms with Crippen LogP contribution in [0.15, 0.2) is 23.2 Å². The van der Waals surface area contributed by atoms with E-state index in [1.165, 1.54) is 18.2 Å². The molecule has 4 saturated heterocycles. The van der Waals surface area contributed by atoms with Crippen LogP contribution in [0.25, 0.3) is 0 Å². The van der Waals surface area contributed by atoms with E-state index in [0.29, 0.717) is 5.56 Å². The quantitative estimate of drug-likeness (QED) is 0.298. The predicted octanol–water partition coefficient (Wildman–Crippen LogP) is -4.61. The molecule has 0 atom stereocenters. The Bertz CT molecular complexity index is 625. The van der Waals surface area contributed by atoms with Gasteiger partial charge in [-0.2, -0.15) is 0 Å². The van der Waals surface area contributed by atoms with Crippen LogP contribution in [0.2, 0.25) is 0 Å². The first kappa shape index (κ1) is 13.6. The molecule has 8 nitrogen and oxygen atoms in total. The van der Waals surface area contributed by atoms with Gasteiger partial charge in [0.1, 0.15) is 19.6 Å². The molecule has 4 fully saturated rings. The Hall–Kier alpha value is -2.03. The molecule has 4 heterocycles. The Labute approximate surface area is 127 Å². The van der Waals surface area contributed by atoms with Crippen molar-refractivity contribution in [2.75, 3.05) is 39.6 Å². The van der Waals surface area contributed by atoms with Crippen molar-refractivity contribution in [3.8, 4) is 5.75 Å². The summed E-state index contributed by atoms with van der Waals surface area (Å²) in [6.45, 7) is 6.47. The van der Waals surface area contributed by atoms with Crippen LogP contribution in [0, 0.1) is 10.1 Å². The van der Waals surface area contributed by atoms with Gasteiger partial charge in [0.2, 0.25) is 25.5 Å². The number of hydrogen-bond donors (Lipinski definition) is 3. The number of nitrogens with one attached hydrogen (secondary N) is 3. The van der Waals surface area contributed by atoms with Crippen LogP contribution in [-0.2, 0) is 0 Å². The van der Waals surface area contributed by atoms with Gasteiger partial charge < -0.3 is 5.11 Å². The van der Waals surface area contributed by atoms with Crippen LogP contribution in [0.3, 0.4) is 0 Å². The molecule has 4 aliphatic rings. The number of rotatable bonds is 3. The second kappa shape index (κ2) is 4.73. The third-order valence-electron chi connectivity index (χ3n) is 4.92. The highest BCUT2D eigenvalue weighted by molar-refractivity contribution is 5.84. The van der Waals surface area contributed by atoms with Crippen LogP contribution in [0.1, 0.15) is 5.56 Å². The van der Waals surface area contributed by atoms with Crippen LogP contribution in [-0.4, -0.2) is 56.3 Å². The van der Waals surface area contributed by atoms with E-state index < -0.39 is 4.92 Å². The maximum Gasteiger partial charge on any atom is 0.270 e. The number of nitro benzene ring substituents is 1. The Morgan fingerprint density at radius 1 is 1.14 bits per heavy atom. The maximum absolute atomic E-state index is 11.9. The molecule has 0 unspecified atom stereocenters. The van der Waals surface area contributed by atoms with Crippen molar-refractivity contribution in [1.82, 2.24) is 0 Å². The summed E-state index contributed by atoms with van der Waals surface area (Å²) in [4.78, 5) is 19.8. The summed E-state index contributed by atoms with van der Waals surface area (Å²) in [6.07, 6.45) is 1.56. The highest BCUT2D eigenvalue weighted by atomic mass is 16.6. The average molecular weight is 305 g/mol. The van der Waals surface area contributed by atoms with E-state index >= 15 is 0 Å². The Morgan fingerprint density at radius 3 is 2.27 bits per heavy atom. The highest BCUT2D eigenvalue weighted by Gasteiger charge is 2.57. The van der Waals surface area contributed by atoms with E-state index in [1.54, 1.807) is 20.9 Å². The smallest absolute Gasteiger partial charge is 0.270 e.